The lowest BCUT2D eigenvalue weighted by molar-refractivity contribution is 0.415. The van der Waals surface area contributed by atoms with Gasteiger partial charge < -0.3 is 15.4 Å². The molecule has 1 aliphatic heterocycles. The number of para-hydroxylation sites is 1. The zero-order valence-electron chi connectivity index (χ0n) is 12.4. The van der Waals surface area contributed by atoms with Gasteiger partial charge in [-0.15, -0.1) is 4.40 Å². The van der Waals surface area contributed by atoms with Crippen LogP contribution in [0.2, 0.25) is 0 Å². The first-order valence-electron chi connectivity index (χ1n) is 6.73. The van der Waals surface area contributed by atoms with Gasteiger partial charge in [0, 0.05) is 4.47 Å². The Morgan fingerprint density at radius 3 is 2.70 bits per heavy atom. The van der Waals surface area contributed by atoms with Crippen LogP contribution >= 0.6 is 15.9 Å². The highest BCUT2D eigenvalue weighted by Crippen LogP contribution is 2.37. The van der Waals surface area contributed by atoms with E-state index in [0.29, 0.717) is 17.1 Å². The van der Waals surface area contributed by atoms with Crippen molar-refractivity contribution in [2.75, 3.05) is 17.7 Å². The van der Waals surface area contributed by atoms with E-state index < -0.39 is 10.0 Å². The fourth-order valence-corrected chi connectivity index (χ4v) is 3.82. The van der Waals surface area contributed by atoms with E-state index in [1.807, 2.05) is 24.3 Å². The zero-order valence-corrected chi connectivity index (χ0v) is 14.8. The maximum absolute atomic E-state index is 12.4. The summed E-state index contributed by atoms with van der Waals surface area (Å²) in [5.74, 6) is 0.566. The predicted octanol–water partition coefficient (Wildman–Crippen LogP) is 3.35. The number of nitrogens with one attached hydrogen (secondary N) is 2. The van der Waals surface area contributed by atoms with E-state index in [4.69, 9.17) is 4.74 Å². The summed E-state index contributed by atoms with van der Waals surface area (Å²) >= 11 is 3.40. The number of fused-ring (bicyclic) bond motifs is 1. The molecule has 2 aromatic carbocycles. The van der Waals surface area contributed by atoms with Crippen molar-refractivity contribution in [3.63, 3.8) is 0 Å². The van der Waals surface area contributed by atoms with Gasteiger partial charge in [-0.25, -0.2) is 0 Å². The number of hydrogen-bond acceptors (Lipinski definition) is 5. The van der Waals surface area contributed by atoms with E-state index in [0.717, 1.165) is 10.0 Å². The molecule has 0 fully saturated rings. The van der Waals surface area contributed by atoms with E-state index in [1.54, 1.807) is 19.1 Å². The molecular formula is C15H14BrN3O3S. The SMILES string of the molecule is COc1cc(C)cc2c1NC(Nc1ccccc1Br)=NS2(=O)=O. The smallest absolute Gasteiger partial charge is 0.287 e. The van der Waals surface area contributed by atoms with Crippen molar-refractivity contribution < 1.29 is 13.2 Å². The van der Waals surface area contributed by atoms with E-state index in [1.165, 1.54) is 7.11 Å². The van der Waals surface area contributed by atoms with Gasteiger partial charge in [-0.1, -0.05) is 12.1 Å². The van der Waals surface area contributed by atoms with Gasteiger partial charge in [0.15, 0.2) is 0 Å². The maximum Gasteiger partial charge on any atom is 0.287 e. The Hall–Kier alpha value is -2.06. The predicted molar refractivity (Wildman–Crippen MR) is 93.7 cm³/mol. The largest absolute Gasteiger partial charge is 0.495 e. The lowest BCUT2D eigenvalue weighted by Gasteiger charge is -2.22. The molecule has 3 rings (SSSR count). The fourth-order valence-electron chi connectivity index (χ4n) is 2.26. The lowest BCUT2D eigenvalue weighted by Crippen LogP contribution is -2.28. The molecule has 0 aliphatic carbocycles. The third-order valence-corrected chi connectivity index (χ3v) is 5.28. The lowest BCUT2D eigenvalue weighted by atomic mass is 10.2. The quantitative estimate of drug-likeness (QED) is 0.814. The van der Waals surface area contributed by atoms with Crippen LogP contribution in [0.4, 0.5) is 11.4 Å². The van der Waals surface area contributed by atoms with Crippen LogP contribution in [0.5, 0.6) is 5.75 Å². The van der Waals surface area contributed by atoms with Crippen LogP contribution < -0.4 is 15.4 Å². The Labute approximate surface area is 142 Å². The Bertz CT molecular complexity index is 910. The summed E-state index contributed by atoms with van der Waals surface area (Å²) < 4.78 is 34.8. The number of guanidine groups is 1. The van der Waals surface area contributed by atoms with Crippen LogP contribution in [-0.2, 0) is 10.0 Å². The van der Waals surface area contributed by atoms with Gasteiger partial charge in [0.1, 0.15) is 16.3 Å². The first-order valence-corrected chi connectivity index (χ1v) is 8.96. The van der Waals surface area contributed by atoms with Crippen molar-refractivity contribution in [2.45, 2.75) is 11.8 Å². The minimum atomic E-state index is -3.81. The maximum atomic E-state index is 12.4. The Morgan fingerprint density at radius 1 is 1.26 bits per heavy atom. The molecule has 0 saturated heterocycles. The summed E-state index contributed by atoms with van der Waals surface area (Å²) in [5.41, 5.74) is 1.86. The van der Waals surface area contributed by atoms with Crippen molar-refractivity contribution in [3.8, 4) is 5.75 Å². The van der Waals surface area contributed by atoms with Crippen molar-refractivity contribution >= 4 is 43.3 Å². The van der Waals surface area contributed by atoms with E-state index in [2.05, 4.69) is 31.0 Å². The molecule has 23 heavy (non-hydrogen) atoms. The monoisotopic (exact) mass is 395 g/mol. The molecule has 2 N–H and O–H groups in total. The Kier molecular flexibility index (Phi) is 4.03. The van der Waals surface area contributed by atoms with Gasteiger partial charge >= 0.3 is 0 Å². The normalized spacial score (nSPS) is 15.2. The number of sulfonamides is 1. The molecule has 0 aromatic heterocycles. The van der Waals surface area contributed by atoms with Gasteiger partial charge in [0.25, 0.3) is 10.0 Å². The number of aryl methyl sites for hydroxylation is 1. The van der Waals surface area contributed by atoms with Crippen molar-refractivity contribution in [1.82, 2.24) is 0 Å². The minimum Gasteiger partial charge on any atom is -0.495 e. The van der Waals surface area contributed by atoms with Crippen molar-refractivity contribution in [3.05, 3.63) is 46.4 Å². The first kappa shape index (κ1) is 15.8. The van der Waals surface area contributed by atoms with E-state index in [-0.39, 0.29) is 10.9 Å². The summed E-state index contributed by atoms with van der Waals surface area (Å²) in [5, 5.41) is 5.96. The minimum absolute atomic E-state index is 0.104. The van der Waals surface area contributed by atoms with Gasteiger partial charge in [0.05, 0.1) is 12.8 Å². The van der Waals surface area contributed by atoms with Crippen molar-refractivity contribution in [1.29, 1.82) is 0 Å². The number of rotatable bonds is 2. The molecule has 0 unspecified atom stereocenters. The Morgan fingerprint density at radius 2 is 2.00 bits per heavy atom. The van der Waals surface area contributed by atoms with Crippen LogP contribution in [0.1, 0.15) is 5.56 Å². The molecule has 0 radical (unpaired) electrons. The molecular weight excluding hydrogens is 382 g/mol. The number of ether oxygens (including phenoxy) is 1. The van der Waals surface area contributed by atoms with E-state index >= 15 is 0 Å². The second-order valence-electron chi connectivity index (χ2n) is 4.99. The third-order valence-electron chi connectivity index (χ3n) is 3.29. The first-order chi connectivity index (χ1) is 10.9. The number of halogens is 1. The topological polar surface area (TPSA) is 79.8 Å². The number of hydrogen-bond donors (Lipinski definition) is 2. The molecule has 2 aromatic rings. The molecule has 0 bridgehead atoms. The standard InChI is InChI=1S/C15H14BrN3O3S/c1-9-7-12(22-2)14-13(8-9)23(20,21)19-15(18-14)17-11-6-4-3-5-10(11)16/h3-8H,1-2H3,(H2,17,18,19). The molecule has 0 atom stereocenters. The number of benzene rings is 2. The number of nitrogens with zero attached hydrogens (tertiary/aromatic N) is 1. The average molecular weight is 396 g/mol. The third kappa shape index (κ3) is 3.04. The molecule has 1 heterocycles. The summed E-state index contributed by atoms with van der Waals surface area (Å²) in [7, 11) is -2.32. The van der Waals surface area contributed by atoms with E-state index in [9.17, 15) is 8.42 Å². The van der Waals surface area contributed by atoms with Crippen LogP contribution in [0.15, 0.2) is 50.2 Å². The average Bonchev–Trinajstić information content (AvgIpc) is 2.49. The fraction of sp³-hybridized carbons (Fsp3) is 0.133. The van der Waals surface area contributed by atoms with Crippen LogP contribution in [0.3, 0.4) is 0 Å². The summed E-state index contributed by atoms with van der Waals surface area (Å²) in [4.78, 5) is 0.104. The molecule has 120 valence electrons. The van der Waals surface area contributed by atoms with Crippen LogP contribution in [0, 0.1) is 6.92 Å². The van der Waals surface area contributed by atoms with Gasteiger partial charge in [-0.3, -0.25) is 0 Å². The summed E-state index contributed by atoms with van der Waals surface area (Å²) in [6.45, 7) is 1.80. The molecule has 6 nitrogen and oxygen atoms in total. The zero-order chi connectivity index (χ0) is 16.6. The summed E-state index contributed by atoms with van der Waals surface area (Å²) in [6.07, 6.45) is 0. The van der Waals surface area contributed by atoms with Crippen molar-refractivity contribution in [2.24, 2.45) is 4.40 Å². The highest BCUT2D eigenvalue weighted by molar-refractivity contribution is 9.10. The molecule has 1 aliphatic rings. The van der Waals surface area contributed by atoms with Gasteiger partial charge in [-0.05, 0) is 52.7 Å². The van der Waals surface area contributed by atoms with Crippen LogP contribution in [0.25, 0.3) is 0 Å². The highest BCUT2D eigenvalue weighted by Gasteiger charge is 2.28. The molecule has 0 amide bonds. The second-order valence-corrected chi connectivity index (χ2v) is 7.41. The van der Waals surface area contributed by atoms with Gasteiger partial charge in [-0.2, -0.15) is 8.42 Å². The Balaban J connectivity index is 2.05. The number of anilines is 2. The molecule has 0 saturated carbocycles. The molecule has 8 heteroatoms. The highest BCUT2D eigenvalue weighted by atomic mass is 79.9. The van der Waals surface area contributed by atoms with Gasteiger partial charge in [0.2, 0.25) is 5.96 Å². The number of methoxy groups -OCH3 is 1. The second kappa shape index (κ2) is 5.86. The molecule has 0 spiro atoms. The van der Waals surface area contributed by atoms with Crippen LogP contribution in [-0.4, -0.2) is 21.5 Å². The summed E-state index contributed by atoms with van der Waals surface area (Å²) in [6, 6.07) is 10.7.